The Morgan fingerprint density at radius 1 is 1.36 bits per heavy atom. The lowest BCUT2D eigenvalue weighted by molar-refractivity contribution is -0.158. The Bertz CT molecular complexity index is 183. The Morgan fingerprint density at radius 3 is 2.50 bits per heavy atom. The minimum absolute atomic E-state index is 0.231. The van der Waals surface area contributed by atoms with E-state index >= 15 is 0 Å². The Hall–Kier alpha value is -0.410. The minimum Gasteiger partial charge on any atom is -0.381 e. The van der Waals surface area contributed by atoms with Crippen molar-refractivity contribution in [1.82, 2.24) is 0 Å². The van der Waals surface area contributed by atoms with Gasteiger partial charge in [0.15, 0.2) is 5.78 Å². The Labute approximate surface area is 85.8 Å². The predicted octanol–water partition coefficient (Wildman–Crippen LogP) is 1.94. The molecule has 0 aromatic rings. The molecule has 0 aromatic carbocycles. The molecule has 1 saturated heterocycles. The van der Waals surface area contributed by atoms with E-state index in [0.29, 0.717) is 26.2 Å². The van der Waals surface area contributed by atoms with Crippen LogP contribution in [0.3, 0.4) is 0 Å². The van der Waals surface area contributed by atoms with Crippen LogP contribution in [0.4, 0.5) is 0 Å². The molecule has 3 nitrogen and oxygen atoms in total. The molecule has 14 heavy (non-hydrogen) atoms. The average molecular weight is 200 g/mol. The molecule has 1 heterocycles. The third-order valence-electron chi connectivity index (χ3n) is 2.71. The van der Waals surface area contributed by atoms with Crippen molar-refractivity contribution < 1.29 is 14.3 Å². The van der Waals surface area contributed by atoms with E-state index in [2.05, 4.69) is 6.92 Å². The summed E-state index contributed by atoms with van der Waals surface area (Å²) in [5.74, 6) is 0.231. The smallest absolute Gasteiger partial charge is 0.164 e. The van der Waals surface area contributed by atoms with Crippen LogP contribution in [0.1, 0.15) is 39.5 Å². The fourth-order valence-corrected chi connectivity index (χ4v) is 1.82. The van der Waals surface area contributed by atoms with Crippen molar-refractivity contribution in [3.8, 4) is 0 Å². The SMILES string of the molecule is CCCOC1(C(=O)CC)CCOCC1. The largest absolute Gasteiger partial charge is 0.381 e. The van der Waals surface area contributed by atoms with Gasteiger partial charge in [-0.3, -0.25) is 4.79 Å². The summed E-state index contributed by atoms with van der Waals surface area (Å²) in [7, 11) is 0. The number of Topliss-reactive ketones (excluding diaryl/α,β-unsaturated/α-hetero) is 1. The first kappa shape index (κ1) is 11.7. The Kier molecular flexibility index (Phi) is 4.55. The molecule has 0 aromatic heterocycles. The van der Waals surface area contributed by atoms with Crippen LogP contribution in [-0.2, 0) is 14.3 Å². The van der Waals surface area contributed by atoms with Gasteiger partial charge in [-0.2, -0.15) is 0 Å². The molecule has 3 heteroatoms. The third-order valence-corrected chi connectivity index (χ3v) is 2.71. The van der Waals surface area contributed by atoms with Gasteiger partial charge >= 0.3 is 0 Å². The van der Waals surface area contributed by atoms with Crippen molar-refractivity contribution in [1.29, 1.82) is 0 Å². The van der Waals surface area contributed by atoms with Crippen LogP contribution in [-0.4, -0.2) is 31.2 Å². The third kappa shape index (κ3) is 2.55. The number of carbonyl (C=O) groups is 1. The summed E-state index contributed by atoms with van der Waals surface area (Å²) in [5.41, 5.74) is -0.525. The highest BCUT2D eigenvalue weighted by Crippen LogP contribution is 2.27. The molecular weight excluding hydrogens is 180 g/mol. The quantitative estimate of drug-likeness (QED) is 0.680. The zero-order chi connectivity index (χ0) is 10.4. The minimum atomic E-state index is -0.525. The molecular formula is C11H20O3. The number of ketones is 1. The van der Waals surface area contributed by atoms with Crippen LogP contribution in [0.2, 0.25) is 0 Å². The van der Waals surface area contributed by atoms with Gasteiger partial charge in [-0.15, -0.1) is 0 Å². The number of ether oxygens (including phenoxy) is 2. The summed E-state index contributed by atoms with van der Waals surface area (Å²) in [6.45, 7) is 5.93. The van der Waals surface area contributed by atoms with E-state index in [1.807, 2.05) is 6.92 Å². The van der Waals surface area contributed by atoms with Crippen LogP contribution < -0.4 is 0 Å². The van der Waals surface area contributed by atoms with E-state index in [1.54, 1.807) is 0 Å². The van der Waals surface area contributed by atoms with Crippen molar-refractivity contribution in [2.45, 2.75) is 45.1 Å². The molecule has 0 saturated carbocycles. The molecule has 0 amide bonds. The normalized spacial score (nSPS) is 20.7. The van der Waals surface area contributed by atoms with E-state index in [-0.39, 0.29) is 5.78 Å². The number of carbonyl (C=O) groups excluding carboxylic acids is 1. The van der Waals surface area contributed by atoms with Crippen molar-refractivity contribution in [2.24, 2.45) is 0 Å². The second kappa shape index (κ2) is 5.47. The highest BCUT2D eigenvalue weighted by atomic mass is 16.5. The fourth-order valence-electron chi connectivity index (χ4n) is 1.82. The van der Waals surface area contributed by atoms with Crippen LogP contribution in [0.15, 0.2) is 0 Å². The monoisotopic (exact) mass is 200 g/mol. The zero-order valence-corrected chi connectivity index (χ0v) is 9.17. The van der Waals surface area contributed by atoms with Gasteiger partial charge in [0, 0.05) is 39.1 Å². The van der Waals surface area contributed by atoms with Crippen molar-refractivity contribution in [3.05, 3.63) is 0 Å². The average Bonchev–Trinajstić information content (AvgIpc) is 2.26. The van der Waals surface area contributed by atoms with E-state index in [4.69, 9.17) is 9.47 Å². The molecule has 0 spiro atoms. The van der Waals surface area contributed by atoms with Crippen LogP contribution in [0.5, 0.6) is 0 Å². The Morgan fingerprint density at radius 2 is 2.00 bits per heavy atom. The standard InChI is InChI=1S/C11H20O3/c1-3-7-14-11(10(12)4-2)5-8-13-9-6-11/h3-9H2,1-2H3. The highest BCUT2D eigenvalue weighted by molar-refractivity contribution is 5.87. The molecule has 0 bridgehead atoms. The van der Waals surface area contributed by atoms with Gasteiger partial charge in [-0.25, -0.2) is 0 Å². The van der Waals surface area contributed by atoms with Gasteiger partial charge in [0.05, 0.1) is 0 Å². The Balaban J connectivity index is 2.61. The molecule has 82 valence electrons. The summed E-state index contributed by atoms with van der Waals surface area (Å²) in [6, 6.07) is 0. The first-order valence-electron chi connectivity index (χ1n) is 5.50. The van der Waals surface area contributed by atoms with E-state index in [0.717, 1.165) is 19.3 Å². The molecule has 0 atom stereocenters. The summed E-state index contributed by atoms with van der Waals surface area (Å²) < 4.78 is 11.0. The summed E-state index contributed by atoms with van der Waals surface area (Å²) in [6.07, 6.45) is 2.96. The van der Waals surface area contributed by atoms with Crippen molar-refractivity contribution in [3.63, 3.8) is 0 Å². The molecule has 0 N–H and O–H groups in total. The van der Waals surface area contributed by atoms with E-state index in [9.17, 15) is 4.79 Å². The maximum Gasteiger partial charge on any atom is 0.164 e. The maximum absolute atomic E-state index is 11.8. The topological polar surface area (TPSA) is 35.5 Å². The molecule has 1 aliphatic heterocycles. The number of hydrogen-bond donors (Lipinski definition) is 0. The van der Waals surface area contributed by atoms with Crippen LogP contribution in [0, 0.1) is 0 Å². The van der Waals surface area contributed by atoms with Crippen LogP contribution in [0.25, 0.3) is 0 Å². The number of rotatable bonds is 5. The lowest BCUT2D eigenvalue weighted by Crippen LogP contribution is -2.46. The molecule has 0 aliphatic carbocycles. The van der Waals surface area contributed by atoms with E-state index < -0.39 is 5.60 Å². The van der Waals surface area contributed by atoms with Gasteiger partial charge in [-0.05, 0) is 6.42 Å². The van der Waals surface area contributed by atoms with Gasteiger partial charge in [0.25, 0.3) is 0 Å². The molecule has 0 unspecified atom stereocenters. The van der Waals surface area contributed by atoms with Gasteiger partial charge in [0.1, 0.15) is 5.60 Å². The van der Waals surface area contributed by atoms with Crippen molar-refractivity contribution >= 4 is 5.78 Å². The second-order valence-electron chi connectivity index (χ2n) is 3.73. The summed E-state index contributed by atoms with van der Waals surface area (Å²) in [5, 5.41) is 0. The van der Waals surface area contributed by atoms with Crippen LogP contribution >= 0.6 is 0 Å². The molecule has 1 fully saturated rings. The predicted molar refractivity (Wildman–Crippen MR) is 54.3 cm³/mol. The molecule has 0 radical (unpaired) electrons. The summed E-state index contributed by atoms with van der Waals surface area (Å²) >= 11 is 0. The molecule has 1 rings (SSSR count). The highest BCUT2D eigenvalue weighted by Gasteiger charge is 2.39. The zero-order valence-electron chi connectivity index (χ0n) is 9.17. The fraction of sp³-hybridized carbons (Fsp3) is 0.909. The lowest BCUT2D eigenvalue weighted by atomic mass is 9.88. The maximum atomic E-state index is 11.8. The van der Waals surface area contributed by atoms with E-state index in [1.165, 1.54) is 0 Å². The lowest BCUT2D eigenvalue weighted by Gasteiger charge is -2.35. The second-order valence-corrected chi connectivity index (χ2v) is 3.73. The number of hydrogen-bond acceptors (Lipinski definition) is 3. The molecule has 1 aliphatic rings. The first-order valence-corrected chi connectivity index (χ1v) is 5.50. The summed E-state index contributed by atoms with van der Waals surface area (Å²) in [4.78, 5) is 11.8. The van der Waals surface area contributed by atoms with Gasteiger partial charge in [0.2, 0.25) is 0 Å². The van der Waals surface area contributed by atoms with Gasteiger partial charge in [-0.1, -0.05) is 13.8 Å². The first-order chi connectivity index (χ1) is 6.75. The van der Waals surface area contributed by atoms with Crippen molar-refractivity contribution in [2.75, 3.05) is 19.8 Å². The van der Waals surface area contributed by atoms with Gasteiger partial charge < -0.3 is 9.47 Å².